The van der Waals surface area contributed by atoms with E-state index in [0.717, 1.165) is 35.1 Å². The molecule has 2 aromatic carbocycles. The second kappa shape index (κ2) is 8.67. The summed E-state index contributed by atoms with van der Waals surface area (Å²) in [6.45, 7) is 2.30. The number of benzene rings is 2. The van der Waals surface area contributed by atoms with Gasteiger partial charge in [-0.05, 0) is 30.2 Å². The van der Waals surface area contributed by atoms with Crippen molar-refractivity contribution in [2.24, 2.45) is 0 Å². The molecular weight excluding hydrogens is 420 g/mol. The number of hydrogen-bond donors (Lipinski definition) is 1. The highest BCUT2D eigenvalue weighted by atomic mass is 79.9. The third kappa shape index (κ3) is 4.66. The number of carbonyl (C=O) groups is 1. The summed E-state index contributed by atoms with van der Waals surface area (Å²) in [7, 11) is 0. The Morgan fingerprint density at radius 2 is 1.96 bits per heavy atom. The van der Waals surface area contributed by atoms with Gasteiger partial charge >= 0.3 is 0 Å². The fourth-order valence-electron chi connectivity index (χ4n) is 3.40. The molecule has 1 atom stereocenters. The minimum absolute atomic E-state index is 0.0460. The minimum Gasteiger partial charge on any atom is -0.352 e. The second-order valence-electron chi connectivity index (χ2n) is 6.94. The Bertz CT molecular complexity index is 944. The molecule has 1 aliphatic rings. The van der Waals surface area contributed by atoms with E-state index in [9.17, 15) is 4.79 Å². The molecule has 0 aliphatic carbocycles. The normalized spacial score (nSPS) is 17.0. The van der Waals surface area contributed by atoms with E-state index in [2.05, 4.69) is 36.3 Å². The van der Waals surface area contributed by atoms with Crippen molar-refractivity contribution in [3.05, 3.63) is 70.5 Å². The van der Waals surface area contributed by atoms with Crippen LogP contribution in [0.4, 0.5) is 0 Å². The van der Waals surface area contributed by atoms with Gasteiger partial charge in [-0.3, -0.25) is 9.69 Å². The van der Waals surface area contributed by atoms with Crippen LogP contribution in [0, 0.1) is 0 Å². The second-order valence-corrected chi connectivity index (χ2v) is 7.79. The predicted octanol–water partition coefficient (Wildman–Crippen LogP) is 3.43. The summed E-state index contributed by atoms with van der Waals surface area (Å²) < 4.78 is 6.33. The highest BCUT2D eigenvalue weighted by Gasteiger charge is 2.25. The Labute approximate surface area is 172 Å². The number of amides is 1. The summed E-state index contributed by atoms with van der Waals surface area (Å²) in [5.74, 6) is 1.25. The van der Waals surface area contributed by atoms with E-state index < -0.39 is 0 Å². The zero-order valence-electron chi connectivity index (χ0n) is 15.3. The van der Waals surface area contributed by atoms with E-state index in [1.54, 1.807) is 0 Å². The number of aromatic nitrogens is 2. The van der Waals surface area contributed by atoms with Gasteiger partial charge in [0.1, 0.15) is 0 Å². The van der Waals surface area contributed by atoms with Crippen LogP contribution >= 0.6 is 15.9 Å². The fraction of sp³-hybridized carbons (Fsp3) is 0.286. The molecule has 0 saturated carbocycles. The molecular formula is C21H21BrN4O2. The van der Waals surface area contributed by atoms with Crippen LogP contribution in [0.3, 0.4) is 0 Å². The molecule has 1 fully saturated rings. The van der Waals surface area contributed by atoms with E-state index in [-0.39, 0.29) is 11.9 Å². The molecule has 0 bridgehead atoms. The highest BCUT2D eigenvalue weighted by Crippen LogP contribution is 2.19. The van der Waals surface area contributed by atoms with Gasteiger partial charge in [-0.25, -0.2) is 0 Å². The molecule has 0 unspecified atom stereocenters. The van der Waals surface area contributed by atoms with Gasteiger partial charge in [0.2, 0.25) is 5.91 Å². The van der Waals surface area contributed by atoms with E-state index >= 15 is 0 Å². The maximum Gasteiger partial charge on any atom is 0.257 e. The standard InChI is InChI=1S/C21H21BrN4O2/c22-18-9-5-4-8-16(18)12-20(27)23-17-10-11-26(13-17)14-19-24-21(28-25-19)15-6-2-1-3-7-15/h1-9,17H,10-14H2,(H,23,27)/t17-/m1/s1. The fourth-order valence-corrected chi connectivity index (χ4v) is 3.83. The topological polar surface area (TPSA) is 71.3 Å². The van der Waals surface area contributed by atoms with Crippen LogP contribution in [0.15, 0.2) is 63.6 Å². The lowest BCUT2D eigenvalue weighted by Crippen LogP contribution is -2.37. The van der Waals surface area contributed by atoms with Gasteiger partial charge in [-0.15, -0.1) is 0 Å². The monoisotopic (exact) mass is 440 g/mol. The molecule has 1 amide bonds. The minimum atomic E-state index is 0.0460. The number of nitrogens with one attached hydrogen (secondary N) is 1. The third-order valence-electron chi connectivity index (χ3n) is 4.80. The lowest BCUT2D eigenvalue weighted by molar-refractivity contribution is -0.121. The summed E-state index contributed by atoms with van der Waals surface area (Å²) in [5, 5.41) is 7.22. The molecule has 0 spiro atoms. The van der Waals surface area contributed by atoms with Crippen LogP contribution in [0.2, 0.25) is 0 Å². The van der Waals surface area contributed by atoms with Gasteiger partial charge in [-0.1, -0.05) is 57.5 Å². The molecule has 1 aliphatic heterocycles. The van der Waals surface area contributed by atoms with Crippen molar-refractivity contribution < 1.29 is 9.32 Å². The molecule has 144 valence electrons. The van der Waals surface area contributed by atoms with Crippen molar-refractivity contribution in [3.63, 3.8) is 0 Å². The van der Waals surface area contributed by atoms with Crippen molar-refractivity contribution in [1.82, 2.24) is 20.4 Å². The largest absolute Gasteiger partial charge is 0.352 e. The lowest BCUT2D eigenvalue weighted by atomic mass is 10.1. The van der Waals surface area contributed by atoms with Crippen molar-refractivity contribution in [2.75, 3.05) is 13.1 Å². The number of rotatable bonds is 6. The van der Waals surface area contributed by atoms with Crippen LogP contribution in [-0.4, -0.2) is 40.1 Å². The Morgan fingerprint density at radius 3 is 2.79 bits per heavy atom. The van der Waals surface area contributed by atoms with E-state index in [1.165, 1.54) is 0 Å². The molecule has 1 saturated heterocycles. The quantitative estimate of drug-likeness (QED) is 0.635. The van der Waals surface area contributed by atoms with E-state index in [1.807, 2.05) is 54.6 Å². The van der Waals surface area contributed by atoms with Gasteiger partial charge < -0.3 is 9.84 Å². The maximum atomic E-state index is 12.4. The molecule has 7 heteroatoms. The zero-order chi connectivity index (χ0) is 19.3. The Morgan fingerprint density at radius 1 is 1.18 bits per heavy atom. The zero-order valence-corrected chi connectivity index (χ0v) is 16.9. The van der Waals surface area contributed by atoms with Gasteiger partial charge in [-0.2, -0.15) is 4.98 Å². The number of carbonyl (C=O) groups excluding carboxylic acids is 1. The van der Waals surface area contributed by atoms with Crippen LogP contribution < -0.4 is 5.32 Å². The summed E-state index contributed by atoms with van der Waals surface area (Å²) in [4.78, 5) is 19.1. The van der Waals surface area contributed by atoms with Gasteiger partial charge in [0.15, 0.2) is 5.82 Å². The summed E-state index contributed by atoms with van der Waals surface area (Å²) in [6.07, 6.45) is 1.30. The molecule has 0 radical (unpaired) electrons. The van der Waals surface area contributed by atoms with Gasteiger partial charge in [0.05, 0.1) is 13.0 Å². The molecule has 2 heterocycles. The molecule has 28 heavy (non-hydrogen) atoms. The van der Waals surface area contributed by atoms with Crippen molar-refractivity contribution in [3.8, 4) is 11.5 Å². The van der Waals surface area contributed by atoms with Crippen LogP contribution in [0.5, 0.6) is 0 Å². The predicted molar refractivity (Wildman–Crippen MR) is 109 cm³/mol. The first-order chi connectivity index (χ1) is 13.7. The Kier molecular flexibility index (Phi) is 5.83. The summed E-state index contributed by atoms with van der Waals surface area (Å²) >= 11 is 3.49. The number of nitrogens with zero attached hydrogens (tertiary/aromatic N) is 3. The van der Waals surface area contributed by atoms with Crippen molar-refractivity contribution in [2.45, 2.75) is 25.4 Å². The van der Waals surface area contributed by atoms with E-state index in [4.69, 9.17) is 4.52 Å². The summed E-state index contributed by atoms with van der Waals surface area (Å²) in [5.41, 5.74) is 1.91. The smallest absolute Gasteiger partial charge is 0.257 e. The lowest BCUT2D eigenvalue weighted by Gasteiger charge is -2.15. The molecule has 4 rings (SSSR count). The average molecular weight is 441 g/mol. The van der Waals surface area contributed by atoms with Crippen molar-refractivity contribution >= 4 is 21.8 Å². The third-order valence-corrected chi connectivity index (χ3v) is 5.57. The van der Waals surface area contributed by atoms with Gasteiger partial charge in [0, 0.05) is 29.2 Å². The molecule has 1 N–H and O–H groups in total. The van der Waals surface area contributed by atoms with Crippen LogP contribution in [-0.2, 0) is 17.8 Å². The van der Waals surface area contributed by atoms with Crippen molar-refractivity contribution in [1.29, 1.82) is 0 Å². The van der Waals surface area contributed by atoms with Gasteiger partial charge in [0.25, 0.3) is 5.89 Å². The SMILES string of the molecule is O=C(Cc1ccccc1Br)N[C@@H]1CCN(Cc2noc(-c3ccccc3)n2)C1. The van der Waals surface area contributed by atoms with E-state index in [0.29, 0.717) is 24.7 Å². The molecule has 6 nitrogen and oxygen atoms in total. The average Bonchev–Trinajstić information content (AvgIpc) is 3.34. The van der Waals surface area contributed by atoms with Crippen LogP contribution in [0.25, 0.3) is 11.5 Å². The first-order valence-electron chi connectivity index (χ1n) is 9.30. The molecule has 3 aromatic rings. The highest BCUT2D eigenvalue weighted by molar-refractivity contribution is 9.10. The maximum absolute atomic E-state index is 12.4. The summed E-state index contributed by atoms with van der Waals surface area (Å²) in [6, 6.07) is 17.7. The Balaban J connectivity index is 1.28. The number of hydrogen-bond acceptors (Lipinski definition) is 5. The first kappa shape index (κ1) is 18.8. The first-order valence-corrected chi connectivity index (χ1v) is 10.1. The number of likely N-dealkylation sites (tertiary alicyclic amines) is 1. The molecule has 1 aromatic heterocycles. The Hall–Kier alpha value is -2.51. The number of halogens is 1. The van der Waals surface area contributed by atoms with Crippen LogP contribution in [0.1, 0.15) is 17.8 Å².